The molecule has 0 heterocycles. The molecular weight excluding hydrogens is 138 g/mol. The van der Waals surface area contributed by atoms with Crippen molar-refractivity contribution in [3.63, 3.8) is 0 Å². The molecule has 1 amide bonds. The zero-order valence-corrected chi connectivity index (χ0v) is 7.68. The lowest BCUT2D eigenvalue weighted by Gasteiger charge is -2.29. The number of carbonyl (C=O) groups excluding carboxylic acids is 1. The molecule has 1 radical (unpaired) electrons. The predicted octanol–water partition coefficient (Wildman–Crippen LogP) is 1.76. The van der Waals surface area contributed by atoms with Crippen LogP contribution in [0.25, 0.3) is 0 Å². The molecule has 0 aromatic carbocycles. The van der Waals surface area contributed by atoms with Gasteiger partial charge in [-0.25, -0.2) is 0 Å². The molecule has 11 heavy (non-hydrogen) atoms. The first-order valence-corrected chi connectivity index (χ1v) is 4.01. The Morgan fingerprint density at radius 1 is 1.55 bits per heavy atom. The largest absolute Gasteiger partial charge is 0.355 e. The number of rotatable bonds is 4. The molecule has 1 N–H and O–H groups in total. The van der Waals surface area contributed by atoms with Gasteiger partial charge in [0, 0.05) is 6.04 Å². The molecule has 65 valence electrons. The van der Waals surface area contributed by atoms with Crippen LogP contribution in [0.3, 0.4) is 0 Å². The molecule has 0 spiro atoms. The van der Waals surface area contributed by atoms with Crippen LogP contribution < -0.4 is 5.32 Å². The van der Waals surface area contributed by atoms with E-state index < -0.39 is 0 Å². The maximum atomic E-state index is 10.2. The Balaban J connectivity index is 3.97. The van der Waals surface area contributed by atoms with Crippen LogP contribution in [0, 0.1) is 12.3 Å². The summed E-state index contributed by atoms with van der Waals surface area (Å²) < 4.78 is 0. The van der Waals surface area contributed by atoms with Crippen LogP contribution in [-0.2, 0) is 4.79 Å². The quantitative estimate of drug-likeness (QED) is 0.617. The summed E-state index contributed by atoms with van der Waals surface area (Å²) in [4.78, 5) is 10.2. The predicted molar refractivity (Wildman–Crippen MR) is 47.0 cm³/mol. The van der Waals surface area contributed by atoms with Gasteiger partial charge in [0.15, 0.2) is 0 Å². The van der Waals surface area contributed by atoms with Gasteiger partial charge >= 0.3 is 0 Å². The molecule has 0 aliphatic carbocycles. The van der Waals surface area contributed by atoms with E-state index in [0.29, 0.717) is 0 Å². The number of amides is 1. The van der Waals surface area contributed by atoms with Gasteiger partial charge in [-0.1, -0.05) is 34.1 Å². The summed E-state index contributed by atoms with van der Waals surface area (Å²) in [6, 6.07) is 0.248. The van der Waals surface area contributed by atoms with Crippen molar-refractivity contribution in [2.75, 3.05) is 0 Å². The molecule has 0 saturated carbocycles. The first-order valence-electron chi connectivity index (χ1n) is 4.01. The summed E-state index contributed by atoms with van der Waals surface area (Å²) in [6.45, 7) is 10.1. The average Bonchev–Trinajstić information content (AvgIpc) is 1.85. The molecule has 2 heteroatoms. The smallest absolute Gasteiger partial charge is 0.207 e. The Hall–Kier alpha value is -0.530. The van der Waals surface area contributed by atoms with E-state index in [2.05, 4.69) is 33.0 Å². The van der Waals surface area contributed by atoms with E-state index in [4.69, 9.17) is 0 Å². The van der Waals surface area contributed by atoms with Crippen molar-refractivity contribution in [3.05, 3.63) is 6.92 Å². The standard InChI is InChI=1S/C9H18NO/c1-5-6-8(10-7-11)9(2,3)4/h7-8H,1,5-6H2,2-4H3,(H,10,11). The van der Waals surface area contributed by atoms with E-state index in [-0.39, 0.29) is 11.5 Å². The maximum Gasteiger partial charge on any atom is 0.207 e. The molecule has 0 fully saturated rings. The number of nitrogens with one attached hydrogen (secondary N) is 1. The second-order valence-electron chi connectivity index (χ2n) is 3.85. The van der Waals surface area contributed by atoms with Gasteiger partial charge in [0.25, 0.3) is 0 Å². The highest BCUT2D eigenvalue weighted by atomic mass is 16.1. The van der Waals surface area contributed by atoms with Crippen LogP contribution in [0.1, 0.15) is 33.6 Å². The van der Waals surface area contributed by atoms with Gasteiger partial charge in [-0.3, -0.25) is 4.79 Å². The van der Waals surface area contributed by atoms with Crippen LogP contribution in [0.5, 0.6) is 0 Å². The summed E-state index contributed by atoms with van der Waals surface area (Å²) in [6.07, 6.45) is 2.58. The molecule has 1 atom stereocenters. The van der Waals surface area contributed by atoms with Crippen molar-refractivity contribution in [2.45, 2.75) is 39.7 Å². The Labute approximate surface area is 69.4 Å². The molecule has 0 saturated heterocycles. The molecule has 0 aliphatic heterocycles. The van der Waals surface area contributed by atoms with E-state index in [0.717, 1.165) is 19.3 Å². The normalized spacial score (nSPS) is 14.2. The summed E-state index contributed by atoms with van der Waals surface area (Å²) in [5, 5.41) is 2.80. The second-order valence-corrected chi connectivity index (χ2v) is 3.85. The SMILES string of the molecule is [CH2]CCC(NC=O)C(C)(C)C. The van der Waals surface area contributed by atoms with Crippen LogP contribution in [-0.4, -0.2) is 12.5 Å². The molecule has 0 rings (SSSR count). The fourth-order valence-corrected chi connectivity index (χ4v) is 1.05. The molecular formula is C9H18NO. The summed E-state index contributed by atoms with van der Waals surface area (Å²) in [7, 11) is 0. The number of carbonyl (C=O) groups is 1. The third-order valence-electron chi connectivity index (χ3n) is 1.81. The van der Waals surface area contributed by atoms with Crippen molar-refractivity contribution >= 4 is 6.41 Å². The van der Waals surface area contributed by atoms with Crippen LogP contribution >= 0.6 is 0 Å². The van der Waals surface area contributed by atoms with Crippen molar-refractivity contribution in [3.8, 4) is 0 Å². The average molecular weight is 156 g/mol. The molecule has 2 nitrogen and oxygen atoms in total. The van der Waals surface area contributed by atoms with Gasteiger partial charge in [-0.15, -0.1) is 0 Å². The third kappa shape index (κ3) is 4.02. The Kier molecular flexibility index (Phi) is 4.16. The minimum atomic E-state index is 0.137. The highest BCUT2D eigenvalue weighted by Crippen LogP contribution is 2.22. The Morgan fingerprint density at radius 3 is 2.36 bits per heavy atom. The van der Waals surface area contributed by atoms with Gasteiger partial charge in [0.1, 0.15) is 0 Å². The van der Waals surface area contributed by atoms with Gasteiger partial charge in [-0.2, -0.15) is 0 Å². The van der Waals surface area contributed by atoms with Crippen LogP contribution in [0.15, 0.2) is 0 Å². The zero-order chi connectivity index (χ0) is 8.91. The van der Waals surface area contributed by atoms with Gasteiger partial charge in [-0.05, 0) is 11.8 Å². The fraction of sp³-hybridized carbons (Fsp3) is 0.778. The van der Waals surface area contributed by atoms with Crippen molar-refractivity contribution in [2.24, 2.45) is 5.41 Å². The lowest BCUT2D eigenvalue weighted by molar-refractivity contribution is -0.110. The summed E-state index contributed by atoms with van der Waals surface area (Å²) >= 11 is 0. The first kappa shape index (κ1) is 10.5. The maximum absolute atomic E-state index is 10.2. The molecule has 0 aliphatic rings. The van der Waals surface area contributed by atoms with E-state index in [1.165, 1.54) is 0 Å². The number of hydrogen-bond acceptors (Lipinski definition) is 1. The Morgan fingerprint density at radius 2 is 2.09 bits per heavy atom. The fourth-order valence-electron chi connectivity index (χ4n) is 1.05. The topological polar surface area (TPSA) is 29.1 Å². The molecule has 1 unspecified atom stereocenters. The van der Waals surface area contributed by atoms with E-state index in [1.807, 2.05) is 0 Å². The third-order valence-corrected chi connectivity index (χ3v) is 1.81. The Bertz CT molecular complexity index is 115. The summed E-state index contributed by atoms with van der Waals surface area (Å²) in [5.74, 6) is 0. The lowest BCUT2D eigenvalue weighted by Crippen LogP contribution is -2.39. The van der Waals surface area contributed by atoms with Gasteiger partial charge < -0.3 is 5.32 Å². The lowest BCUT2D eigenvalue weighted by atomic mass is 9.84. The highest BCUT2D eigenvalue weighted by molar-refractivity contribution is 5.46. The second kappa shape index (κ2) is 4.37. The van der Waals surface area contributed by atoms with Crippen molar-refractivity contribution in [1.29, 1.82) is 0 Å². The van der Waals surface area contributed by atoms with E-state index in [9.17, 15) is 4.79 Å². The van der Waals surface area contributed by atoms with Gasteiger partial charge in [0.2, 0.25) is 6.41 Å². The van der Waals surface area contributed by atoms with E-state index in [1.54, 1.807) is 0 Å². The van der Waals surface area contributed by atoms with Crippen LogP contribution in [0.4, 0.5) is 0 Å². The monoisotopic (exact) mass is 156 g/mol. The van der Waals surface area contributed by atoms with Gasteiger partial charge in [0.05, 0.1) is 0 Å². The molecule has 0 bridgehead atoms. The van der Waals surface area contributed by atoms with Crippen molar-refractivity contribution < 1.29 is 4.79 Å². The number of hydrogen-bond donors (Lipinski definition) is 1. The minimum absolute atomic E-state index is 0.137. The zero-order valence-electron chi connectivity index (χ0n) is 7.68. The van der Waals surface area contributed by atoms with Crippen LogP contribution in [0.2, 0.25) is 0 Å². The molecule has 0 aromatic rings. The summed E-state index contributed by atoms with van der Waals surface area (Å²) in [5.41, 5.74) is 0.137. The molecule has 0 aromatic heterocycles. The minimum Gasteiger partial charge on any atom is -0.355 e. The highest BCUT2D eigenvalue weighted by Gasteiger charge is 2.22. The van der Waals surface area contributed by atoms with Crippen molar-refractivity contribution in [1.82, 2.24) is 5.32 Å². The van der Waals surface area contributed by atoms with E-state index >= 15 is 0 Å². The first-order chi connectivity index (χ1) is 5.02.